The highest BCUT2D eigenvalue weighted by Gasteiger charge is 2.25. The number of benzene rings is 2. The van der Waals surface area contributed by atoms with Crippen LogP contribution in [0.4, 0.5) is 5.69 Å². The summed E-state index contributed by atoms with van der Waals surface area (Å²) in [5, 5.41) is 5.23. The first-order valence-electron chi connectivity index (χ1n) is 8.50. The molecule has 0 spiro atoms. The largest absolute Gasteiger partial charge is 0.352 e. The number of anilines is 1. The zero-order chi connectivity index (χ0) is 19.4. The lowest BCUT2D eigenvalue weighted by Crippen LogP contribution is -2.27. The van der Waals surface area contributed by atoms with Crippen molar-refractivity contribution in [1.82, 2.24) is 5.32 Å². The summed E-state index contributed by atoms with van der Waals surface area (Å²) in [6.07, 6.45) is -0.121. The maximum atomic E-state index is 12.5. The van der Waals surface area contributed by atoms with Crippen LogP contribution in [0, 0.1) is 0 Å². The first-order chi connectivity index (χ1) is 12.8. The first kappa shape index (κ1) is 19.4. The number of carbonyl (C=O) groups excluding carboxylic acids is 2. The summed E-state index contributed by atoms with van der Waals surface area (Å²) in [6.45, 7) is 2.15. The Labute approximate surface area is 162 Å². The summed E-state index contributed by atoms with van der Waals surface area (Å²) in [4.78, 5) is 24.7. The molecule has 2 aromatic rings. The fraction of sp³-hybridized carbons (Fsp3) is 0.263. The summed E-state index contributed by atoms with van der Waals surface area (Å²) in [6, 6.07) is 14.1. The van der Waals surface area contributed by atoms with Crippen LogP contribution >= 0.6 is 11.8 Å². The van der Waals surface area contributed by atoms with Gasteiger partial charge in [-0.25, -0.2) is 8.42 Å². The molecule has 0 aliphatic carbocycles. The van der Waals surface area contributed by atoms with Crippen LogP contribution < -0.4 is 10.6 Å². The van der Waals surface area contributed by atoms with E-state index in [0.717, 1.165) is 10.5 Å². The van der Waals surface area contributed by atoms with E-state index in [1.807, 2.05) is 30.3 Å². The number of amides is 2. The van der Waals surface area contributed by atoms with Gasteiger partial charge in [-0.1, -0.05) is 30.3 Å². The zero-order valence-corrected chi connectivity index (χ0v) is 16.4. The molecule has 0 saturated heterocycles. The van der Waals surface area contributed by atoms with Crippen molar-refractivity contribution in [2.24, 2.45) is 0 Å². The average Bonchev–Trinajstić information content (AvgIpc) is 2.66. The molecule has 6 nitrogen and oxygen atoms in total. The van der Waals surface area contributed by atoms with Gasteiger partial charge in [-0.15, -0.1) is 11.8 Å². The van der Waals surface area contributed by atoms with Crippen LogP contribution in [0.2, 0.25) is 0 Å². The molecule has 0 saturated carbocycles. The Morgan fingerprint density at radius 1 is 1.19 bits per heavy atom. The molecule has 0 fully saturated rings. The second kappa shape index (κ2) is 8.14. The molecule has 0 aromatic heterocycles. The number of hydrogen-bond acceptors (Lipinski definition) is 5. The van der Waals surface area contributed by atoms with Gasteiger partial charge in [-0.3, -0.25) is 9.59 Å². The van der Waals surface area contributed by atoms with Crippen molar-refractivity contribution in [3.05, 3.63) is 54.1 Å². The van der Waals surface area contributed by atoms with E-state index < -0.39 is 9.84 Å². The Bertz CT molecular complexity index is 959. The smallest absolute Gasteiger partial charge is 0.237 e. The minimum absolute atomic E-state index is 0.104. The molecule has 1 aliphatic rings. The number of thioether (sulfide) groups is 1. The molecule has 0 unspecified atom stereocenters. The highest BCUT2D eigenvalue weighted by Crippen LogP contribution is 2.36. The van der Waals surface area contributed by atoms with Crippen molar-refractivity contribution in [2.75, 3.05) is 11.1 Å². The number of fused-ring (bicyclic) bond motifs is 1. The fourth-order valence-electron chi connectivity index (χ4n) is 2.61. The Balaban J connectivity index is 1.61. The van der Waals surface area contributed by atoms with Crippen molar-refractivity contribution in [3.8, 4) is 0 Å². The number of rotatable bonds is 6. The Hall–Kier alpha value is -2.32. The van der Waals surface area contributed by atoms with Crippen LogP contribution in [0.1, 0.15) is 18.9 Å². The van der Waals surface area contributed by atoms with Crippen LogP contribution in [-0.4, -0.2) is 31.2 Å². The van der Waals surface area contributed by atoms with Gasteiger partial charge < -0.3 is 10.6 Å². The van der Waals surface area contributed by atoms with Gasteiger partial charge in [-0.05, 0) is 30.7 Å². The lowest BCUT2D eigenvalue weighted by Gasteiger charge is -2.21. The van der Waals surface area contributed by atoms with E-state index in [9.17, 15) is 18.0 Å². The summed E-state index contributed by atoms with van der Waals surface area (Å²) >= 11 is 1.39. The van der Waals surface area contributed by atoms with Crippen molar-refractivity contribution in [3.63, 3.8) is 0 Å². The van der Waals surface area contributed by atoms with Crippen molar-refractivity contribution < 1.29 is 18.0 Å². The predicted molar refractivity (Wildman–Crippen MR) is 105 cm³/mol. The normalized spacial score (nSPS) is 16.3. The van der Waals surface area contributed by atoms with E-state index >= 15 is 0 Å². The third-order valence-electron chi connectivity index (χ3n) is 4.17. The Kier molecular flexibility index (Phi) is 5.86. The van der Waals surface area contributed by atoms with E-state index in [1.54, 1.807) is 13.0 Å². The van der Waals surface area contributed by atoms with Crippen LogP contribution in [0.3, 0.4) is 0 Å². The summed E-state index contributed by atoms with van der Waals surface area (Å²) < 4.78 is 25.1. The summed E-state index contributed by atoms with van der Waals surface area (Å²) in [7, 11) is -3.62. The number of sulfone groups is 1. The monoisotopic (exact) mass is 404 g/mol. The Morgan fingerprint density at radius 3 is 2.67 bits per heavy atom. The molecule has 1 aliphatic heterocycles. The summed E-state index contributed by atoms with van der Waals surface area (Å²) in [5.74, 6) is -0.760. The standard InChI is InChI=1S/C19H20N2O4S2/c1-13-19(23)21-16-11-15(7-8-17(16)26-13)27(24,25)10-9-18(22)20-12-14-5-3-2-4-6-14/h2-8,11,13H,9-10,12H2,1H3,(H,20,22)(H,21,23)/t13-/m0/s1. The molecule has 3 rings (SSSR count). The van der Waals surface area contributed by atoms with E-state index in [4.69, 9.17) is 0 Å². The van der Waals surface area contributed by atoms with Gasteiger partial charge in [0.05, 0.1) is 21.6 Å². The third-order valence-corrected chi connectivity index (χ3v) is 7.06. The maximum Gasteiger partial charge on any atom is 0.237 e. The van der Waals surface area contributed by atoms with Crippen LogP contribution in [0.15, 0.2) is 58.3 Å². The molecule has 0 radical (unpaired) electrons. The van der Waals surface area contributed by atoms with Gasteiger partial charge in [-0.2, -0.15) is 0 Å². The molecule has 8 heteroatoms. The van der Waals surface area contributed by atoms with Gasteiger partial charge in [0.2, 0.25) is 11.8 Å². The molecule has 2 amide bonds. The van der Waals surface area contributed by atoms with Gasteiger partial charge in [0, 0.05) is 17.9 Å². The van der Waals surface area contributed by atoms with Crippen molar-refractivity contribution in [2.45, 2.75) is 34.9 Å². The van der Waals surface area contributed by atoms with Gasteiger partial charge in [0.1, 0.15) is 0 Å². The number of nitrogens with one attached hydrogen (secondary N) is 2. The minimum Gasteiger partial charge on any atom is -0.352 e. The lowest BCUT2D eigenvalue weighted by atomic mass is 10.2. The Morgan fingerprint density at radius 2 is 1.93 bits per heavy atom. The van der Waals surface area contributed by atoms with Crippen LogP contribution in [0.5, 0.6) is 0 Å². The second-order valence-electron chi connectivity index (χ2n) is 6.24. The molecule has 142 valence electrons. The second-order valence-corrected chi connectivity index (χ2v) is 9.73. The molecule has 27 heavy (non-hydrogen) atoms. The van der Waals surface area contributed by atoms with Crippen LogP contribution in [0.25, 0.3) is 0 Å². The SMILES string of the molecule is C[C@@H]1Sc2ccc(S(=O)(=O)CCC(=O)NCc3ccccc3)cc2NC1=O. The van der Waals surface area contributed by atoms with Crippen LogP contribution in [-0.2, 0) is 26.0 Å². The molecule has 1 atom stereocenters. The van der Waals surface area contributed by atoms with Gasteiger partial charge in [0.25, 0.3) is 0 Å². The highest BCUT2D eigenvalue weighted by atomic mass is 32.2. The topological polar surface area (TPSA) is 92.3 Å². The van der Waals surface area contributed by atoms with E-state index in [2.05, 4.69) is 10.6 Å². The lowest BCUT2D eigenvalue weighted by molar-refractivity contribution is -0.121. The first-order valence-corrected chi connectivity index (χ1v) is 11.0. The van der Waals surface area contributed by atoms with E-state index in [1.165, 1.54) is 23.9 Å². The van der Waals surface area contributed by atoms with E-state index in [-0.39, 0.29) is 34.1 Å². The summed E-state index contributed by atoms with van der Waals surface area (Å²) in [5.41, 5.74) is 1.45. The molecular weight excluding hydrogens is 384 g/mol. The van der Waals surface area contributed by atoms with Crippen molar-refractivity contribution in [1.29, 1.82) is 0 Å². The van der Waals surface area contributed by atoms with Crippen molar-refractivity contribution >= 4 is 39.1 Å². The quantitative estimate of drug-likeness (QED) is 0.772. The molecule has 1 heterocycles. The minimum atomic E-state index is -3.62. The molecular formula is C19H20N2O4S2. The molecule has 2 aromatic carbocycles. The highest BCUT2D eigenvalue weighted by molar-refractivity contribution is 8.01. The fourth-order valence-corrected chi connectivity index (χ4v) is 4.80. The third kappa shape index (κ3) is 4.90. The molecule has 2 N–H and O–H groups in total. The predicted octanol–water partition coefficient (Wildman–Crippen LogP) is 2.60. The number of carbonyl (C=O) groups is 2. The molecule has 0 bridgehead atoms. The maximum absolute atomic E-state index is 12.5. The van der Waals surface area contributed by atoms with Gasteiger partial charge in [0.15, 0.2) is 9.84 Å². The van der Waals surface area contributed by atoms with Gasteiger partial charge >= 0.3 is 0 Å². The average molecular weight is 405 g/mol. The zero-order valence-electron chi connectivity index (χ0n) is 14.8. The van der Waals surface area contributed by atoms with E-state index in [0.29, 0.717) is 12.2 Å². The number of hydrogen-bond donors (Lipinski definition) is 2.